The number of thioether (sulfide) groups is 1. The standard InChI is InChI=1S/C22H16ClF3N2O2S/c23-16-6-1-4-14(10-16)21(30)28-18-8-3-9-19(12-18)31-13-20(29)27-17-7-2-5-15(11-17)22(24,25)26/h1-12H,13H2,(H,27,29)(H,28,30). The van der Waals surface area contributed by atoms with Gasteiger partial charge in [-0.1, -0.05) is 29.8 Å². The maximum atomic E-state index is 12.8. The van der Waals surface area contributed by atoms with Crippen LogP contribution in [0, 0.1) is 0 Å². The van der Waals surface area contributed by atoms with Crippen LogP contribution in [-0.4, -0.2) is 17.6 Å². The summed E-state index contributed by atoms with van der Waals surface area (Å²) >= 11 is 7.09. The predicted octanol–water partition coefficient (Wildman–Crippen LogP) is 6.34. The molecular weight excluding hydrogens is 449 g/mol. The molecule has 3 aromatic carbocycles. The molecule has 160 valence electrons. The number of hydrogen-bond donors (Lipinski definition) is 2. The molecule has 0 aliphatic carbocycles. The summed E-state index contributed by atoms with van der Waals surface area (Å²) in [5, 5.41) is 5.66. The highest BCUT2D eigenvalue weighted by Crippen LogP contribution is 2.31. The molecule has 3 rings (SSSR count). The molecule has 0 atom stereocenters. The summed E-state index contributed by atoms with van der Waals surface area (Å²) in [7, 11) is 0. The first kappa shape index (κ1) is 22.7. The van der Waals surface area contributed by atoms with Crippen molar-refractivity contribution in [2.24, 2.45) is 0 Å². The number of hydrogen-bond acceptors (Lipinski definition) is 3. The highest BCUT2D eigenvalue weighted by atomic mass is 35.5. The predicted molar refractivity (Wildman–Crippen MR) is 117 cm³/mol. The van der Waals surface area contributed by atoms with E-state index in [9.17, 15) is 22.8 Å². The summed E-state index contributed by atoms with van der Waals surface area (Å²) in [5.74, 6) is -0.785. The van der Waals surface area contributed by atoms with E-state index in [0.717, 1.165) is 12.1 Å². The average molecular weight is 465 g/mol. The Bertz CT molecular complexity index is 1110. The lowest BCUT2D eigenvalue weighted by Crippen LogP contribution is -2.15. The number of carbonyl (C=O) groups is 2. The van der Waals surface area contributed by atoms with Crippen LogP contribution < -0.4 is 10.6 Å². The number of amides is 2. The highest BCUT2D eigenvalue weighted by molar-refractivity contribution is 8.00. The van der Waals surface area contributed by atoms with Gasteiger partial charge in [0.25, 0.3) is 5.91 Å². The first-order chi connectivity index (χ1) is 14.7. The van der Waals surface area contributed by atoms with E-state index in [2.05, 4.69) is 10.6 Å². The highest BCUT2D eigenvalue weighted by Gasteiger charge is 2.30. The van der Waals surface area contributed by atoms with Crippen molar-refractivity contribution in [2.45, 2.75) is 11.1 Å². The Kier molecular flexibility index (Phi) is 7.25. The molecule has 9 heteroatoms. The SMILES string of the molecule is O=C(CSc1cccc(NC(=O)c2cccc(Cl)c2)c1)Nc1cccc(C(F)(F)F)c1. The molecule has 0 bridgehead atoms. The molecule has 0 radical (unpaired) electrons. The third kappa shape index (κ3) is 6.77. The first-order valence-electron chi connectivity index (χ1n) is 8.97. The van der Waals surface area contributed by atoms with Gasteiger partial charge in [0.1, 0.15) is 0 Å². The molecule has 0 aliphatic heterocycles. The Hall–Kier alpha value is -2.97. The number of alkyl halides is 3. The van der Waals surface area contributed by atoms with Crippen LogP contribution in [0.5, 0.6) is 0 Å². The minimum Gasteiger partial charge on any atom is -0.325 e. The van der Waals surface area contributed by atoms with E-state index in [1.54, 1.807) is 48.5 Å². The van der Waals surface area contributed by atoms with E-state index >= 15 is 0 Å². The van der Waals surface area contributed by atoms with Crippen LogP contribution in [0.4, 0.5) is 24.5 Å². The lowest BCUT2D eigenvalue weighted by molar-refractivity contribution is -0.137. The van der Waals surface area contributed by atoms with E-state index in [4.69, 9.17) is 11.6 Å². The molecule has 2 N–H and O–H groups in total. The van der Waals surface area contributed by atoms with Crippen molar-refractivity contribution in [3.8, 4) is 0 Å². The van der Waals surface area contributed by atoms with Crippen molar-refractivity contribution in [1.82, 2.24) is 0 Å². The monoisotopic (exact) mass is 464 g/mol. The molecule has 31 heavy (non-hydrogen) atoms. The average Bonchev–Trinajstić information content (AvgIpc) is 2.72. The third-order valence-electron chi connectivity index (χ3n) is 4.02. The summed E-state index contributed by atoms with van der Waals surface area (Å²) in [6.45, 7) is 0. The zero-order chi connectivity index (χ0) is 22.4. The summed E-state index contributed by atoms with van der Waals surface area (Å²) in [6.07, 6.45) is -4.48. The van der Waals surface area contributed by atoms with Crippen LogP contribution in [0.15, 0.2) is 77.7 Å². The first-order valence-corrected chi connectivity index (χ1v) is 10.3. The summed E-state index contributed by atoms with van der Waals surface area (Å²) < 4.78 is 38.3. The second kappa shape index (κ2) is 9.89. The van der Waals surface area contributed by atoms with E-state index < -0.39 is 17.6 Å². The van der Waals surface area contributed by atoms with Gasteiger partial charge in [-0.3, -0.25) is 9.59 Å². The van der Waals surface area contributed by atoms with Crippen LogP contribution in [0.1, 0.15) is 15.9 Å². The zero-order valence-corrected chi connectivity index (χ0v) is 17.4. The minimum atomic E-state index is -4.48. The van der Waals surface area contributed by atoms with Crippen LogP contribution in [0.25, 0.3) is 0 Å². The van der Waals surface area contributed by atoms with E-state index in [0.29, 0.717) is 21.2 Å². The quantitative estimate of drug-likeness (QED) is 0.418. The van der Waals surface area contributed by atoms with Gasteiger partial charge in [-0.25, -0.2) is 0 Å². The molecule has 2 amide bonds. The third-order valence-corrected chi connectivity index (χ3v) is 5.25. The maximum Gasteiger partial charge on any atom is 0.416 e. The van der Waals surface area contributed by atoms with E-state index in [1.807, 2.05) is 0 Å². The molecule has 0 saturated heterocycles. The minimum absolute atomic E-state index is 0.0120. The Morgan fingerprint density at radius 3 is 2.26 bits per heavy atom. The summed E-state index contributed by atoms with van der Waals surface area (Å²) in [6, 6.07) is 17.9. The molecule has 0 unspecified atom stereocenters. The molecule has 0 fully saturated rings. The van der Waals surface area contributed by atoms with Crippen molar-refractivity contribution in [3.63, 3.8) is 0 Å². The fourth-order valence-corrected chi connectivity index (χ4v) is 3.56. The molecular formula is C22H16ClF3N2O2S. The van der Waals surface area contributed by atoms with Crippen molar-refractivity contribution >= 4 is 46.6 Å². The molecule has 0 heterocycles. The van der Waals surface area contributed by atoms with Gasteiger partial charge in [0, 0.05) is 26.9 Å². The fourth-order valence-electron chi connectivity index (χ4n) is 2.62. The van der Waals surface area contributed by atoms with Crippen molar-refractivity contribution in [2.75, 3.05) is 16.4 Å². The Morgan fingerprint density at radius 2 is 1.55 bits per heavy atom. The van der Waals surface area contributed by atoms with Crippen LogP contribution in [0.3, 0.4) is 0 Å². The van der Waals surface area contributed by atoms with Gasteiger partial charge in [0.15, 0.2) is 0 Å². The number of halogens is 4. The van der Waals surface area contributed by atoms with Crippen LogP contribution in [0.2, 0.25) is 5.02 Å². The number of anilines is 2. The number of benzene rings is 3. The summed E-state index contributed by atoms with van der Waals surface area (Å²) in [4.78, 5) is 25.2. The fraction of sp³-hybridized carbons (Fsp3) is 0.0909. The molecule has 0 spiro atoms. The van der Waals surface area contributed by atoms with Gasteiger partial charge in [0.05, 0.1) is 11.3 Å². The largest absolute Gasteiger partial charge is 0.416 e. The number of nitrogens with one attached hydrogen (secondary N) is 2. The smallest absolute Gasteiger partial charge is 0.325 e. The van der Waals surface area contributed by atoms with Gasteiger partial charge in [-0.15, -0.1) is 11.8 Å². The van der Waals surface area contributed by atoms with E-state index in [-0.39, 0.29) is 17.3 Å². The molecule has 0 aromatic heterocycles. The normalized spacial score (nSPS) is 11.1. The van der Waals surface area contributed by atoms with Crippen molar-refractivity contribution < 1.29 is 22.8 Å². The lowest BCUT2D eigenvalue weighted by Gasteiger charge is -2.10. The van der Waals surface area contributed by atoms with Gasteiger partial charge in [-0.05, 0) is 54.6 Å². The Labute approximate surface area is 185 Å². The van der Waals surface area contributed by atoms with Crippen LogP contribution >= 0.6 is 23.4 Å². The number of rotatable bonds is 6. The second-order valence-electron chi connectivity index (χ2n) is 6.41. The van der Waals surface area contributed by atoms with E-state index in [1.165, 1.54) is 23.9 Å². The second-order valence-corrected chi connectivity index (χ2v) is 7.89. The molecule has 0 aliphatic rings. The van der Waals surface area contributed by atoms with Crippen molar-refractivity contribution in [3.05, 3.63) is 88.9 Å². The number of carbonyl (C=O) groups excluding carboxylic acids is 2. The molecule has 4 nitrogen and oxygen atoms in total. The van der Waals surface area contributed by atoms with Gasteiger partial charge >= 0.3 is 6.18 Å². The Morgan fingerprint density at radius 1 is 0.871 bits per heavy atom. The maximum absolute atomic E-state index is 12.8. The van der Waals surface area contributed by atoms with Crippen LogP contribution in [-0.2, 0) is 11.0 Å². The van der Waals surface area contributed by atoms with Gasteiger partial charge in [-0.2, -0.15) is 13.2 Å². The van der Waals surface area contributed by atoms with Crippen molar-refractivity contribution in [1.29, 1.82) is 0 Å². The summed E-state index contributed by atoms with van der Waals surface area (Å²) in [5.41, 5.74) is 0.184. The van der Waals surface area contributed by atoms with Gasteiger partial charge in [0.2, 0.25) is 5.91 Å². The molecule has 0 saturated carbocycles. The lowest BCUT2D eigenvalue weighted by atomic mass is 10.2. The Balaban J connectivity index is 1.57. The topological polar surface area (TPSA) is 58.2 Å². The zero-order valence-electron chi connectivity index (χ0n) is 15.9. The van der Waals surface area contributed by atoms with Gasteiger partial charge < -0.3 is 10.6 Å². The molecule has 3 aromatic rings.